The fourth-order valence-electron chi connectivity index (χ4n) is 2.43. The molecule has 1 saturated heterocycles. The van der Waals surface area contributed by atoms with E-state index in [9.17, 15) is 10.1 Å². The van der Waals surface area contributed by atoms with Gasteiger partial charge in [0.25, 0.3) is 0 Å². The number of nitriles is 1. The minimum absolute atomic E-state index is 0.492. The molecule has 2 heterocycles. The second-order valence-electron chi connectivity index (χ2n) is 5.26. The topological polar surface area (TPSA) is 93.3 Å². The molecule has 1 aromatic rings. The summed E-state index contributed by atoms with van der Waals surface area (Å²) in [5.41, 5.74) is 2.17. The van der Waals surface area contributed by atoms with Crippen molar-refractivity contribution in [2.75, 3.05) is 31.1 Å². The molecule has 1 aromatic heterocycles. The van der Waals surface area contributed by atoms with Gasteiger partial charge in [-0.3, -0.25) is 9.69 Å². The molecule has 7 nitrogen and oxygen atoms in total. The number of carbonyl (C=O) groups is 1. The Hall–Kier alpha value is -2.20. The number of anilines is 1. The summed E-state index contributed by atoms with van der Waals surface area (Å²) < 4.78 is 0. The van der Waals surface area contributed by atoms with Crippen molar-refractivity contribution in [3.8, 4) is 6.07 Å². The van der Waals surface area contributed by atoms with E-state index in [1.54, 1.807) is 6.92 Å². The maximum Gasteiger partial charge on any atom is 0.320 e. The monoisotopic (exact) mass is 289 g/mol. The molecule has 1 atom stereocenters. The molecule has 112 valence electrons. The largest absolute Gasteiger partial charge is 0.480 e. The molecular weight excluding hydrogens is 270 g/mol. The number of piperazine rings is 1. The summed E-state index contributed by atoms with van der Waals surface area (Å²) in [6.07, 6.45) is 0. The Kier molecular flexibility index (Phi) is 4.38. The lowest BCUT2D eigenvalue weighted by Gasteiger charge is -2.37. The van der Waals surface area contributed by atoms with Gasteiger partial charge in [-0.2, -0.15) is 10.4 Å². The van der Waals surface area contributed by atoms with Gasteiger partial charge in [0.2, 0.25) is 0 Å². The number of carboxylic acid groups (broad SMARTS) is 1. The highest BCUT2D eigenvalue weighted by molar-refractivity contribution is 5.73. The normalized spacial score (nSPS) is 17.3. The molecule has 7 heteroatoms. The van der Waals surface area contributed by atoms with Crippen LogP contribution in [0.15, 0.2) is 0 Å². The zero-order valence-corrected chi connectivity index (χ0v) is 12.5. The molecule has 0 spiro atoms. The van der Waals surface area contributed by atoms with Crippen LogP contribution in [0.5, 0.6) is 0 Å². The van der Waals surface area contributed by atoms with Gasteiger partial charge in [-0.25, -0.2) is 0 Å². The lowest BCUT2D eigenvalue weighted by molar-refractivity contribution is -0.142. The van der Waals surface area contributed by atoms with Crippen molar-refractivity contribution < 1.29 is 9.90 Å². The number of carboxylic acids is 1. The Balaban J connectivity index is 2.15. The third-order valence-corrected chi connectivity index (χ3v) is 4.07. The van der Waals surface area contributed by atoms with Crippen LogP contribution >= 0.6 is 0 Å². The van der Waals surface area contributed by atoms with Crippen LogP contribution in [0, 0.1) is 25.2 Å². The first-order valence-corrected chi connectivity index (χ1v) is 6.91. The first-order valence-electron chi connectivity index (χ1n) is 6.91. The van der Waals surface area contributed by atoms with Gasteiger partial charge >= 0.3 is 5.97 Å². The van der Waals surface area contributed by atoms with Gasteiger partial charge in [0.1, 0.15) is 17.7 Å². The second-order valence-corrected chi connectivity index (χ2v) is 5.26. The van der Waals surface area contributed by atoms with Gasteiger partial charge in [-0.15, -0.1) is 5.10 Å². The predicted molar refractivity (Wildman–Crippen MR) is 77.1 cm³/mol. The van der Waals surface area contributed by atoms with E-state index < -0.39 is 12.0 Å². The summed E-state index contributed by atoms with van der Waals surface area (Å²) in [5, 5.41) is 26.6. The molecule has 1 aliphatic rings. The molecule has 0 saturated carbocycles. The van der Waals surface area contributed by atoms with Gasteiger partial charge in [0.05, 0.1) is 5.69 Å². The number of hydrogen-bond acceptors (Lipinski definition) is 6. The maximum absolute atomic E-state index is 11.0. The molecule has 0 aromatic carbocycles. The smallest absolute Gasteiger partial charge is 0.320 e. The van der Waals surface area contributed by atoms with Crippen LogP contribution in [0.2, 0.25) is 0 Å². The first-order chi connectivity index (χ1) is 9.95. The number of aryl methyl sites for hydroxylation is 1. The lowest BCUT2D eigenvalue weighted by Crippen LogP contribution is -2.52. The molecule has 0 aliphatic carbocycles. The Morgan fingerprint density at radius 3 is 2.43 bits per heavy atom. The average Bonchev–Trinajstić information content (AvgIpc) is 2.49. The molecule has 1 fully saturated rings. The van der Waals surface area contributed by atoms with E-state index in [0.29, 0.717) is 37.6 Å². The van der Waals surface area contributed by atoms with E-state index in [1.807, 2.05) is 23.6 Å². The van der Waals surface area contributed by atoms with Crippen LogP contribution in [0.25, 0.3) is 0 Å². The van der Waals surface area contributed by atoms with Crippen molar-refractivity contribution >= 4 is 11.8 Å². The Bertz CT molecular complexity index is 588. The van der Waals surface area contributed by atoms with Crippen LogP contribution in [-0.4, -0.2) is 58.4 Å². The molecule has 1 unspecified atom stereocenters. The standard InChI is InChI=1S/C14H19N5O2/c1-9-10(2)16-17-13(12(9)8-15)19-6-4-18(5-7-19)11(3)14(20)21/h11H,4-7H2,1-3H3,(H,20,21). The van der Waals surface area contributed by atoms with Crippen molar-refractivity contribution in [3.63, 3.8) is 0 Å². The zero-order valence-electron chi connectivity index (χ0n) is 12.5. The van der Waals surface area contributed by atoms with E-state index >= 15 is 0 Å². The third-order valence-electron chi connectivity index (χ3n) is 4.07. The SMILES string of the molecule is Cc1nnc(N2CCN(C(C)C(=O)O)CC2)c(C#N)c1C. The number of rotatable bonds is 3. The maximum atomic E-state index is 11.0. The summed E-state index contributed by atoms with van der Waals surface area (Å²) in [6.45, 7) is 7.94. The summed E-state index contributed by atoms with van der Waals surface area (Å²) in [4.78, 5) is 14.9. The van der Waals surface area contributed by atoms with E-state index in [-0.39, 0.29) is 0 Å². The average molecular weight is 289 g/mol. The van der Waals surface area contributed by atoms with E-state index in [0.717, 1.165) is 11.3 Å². The number of aliphatic carboxylic acids is 1. The summed E-state index contributed by atoms with van der Waals surface area (Å²) >= 11 is 0. The highest BCUT2D eigenvalue weighted by Crippen LogP contribution is 2.22. The van der Waals surface area contributed by atoms with Gasteiger partial charge in [0, 0.05) is 26.2 Å². The molecule has 0 amide bonds. The Morgan fingerprint density at radius 2 is 1.90 bits per heavy atom. The summed E-state index contributed by atoms with van der Waals surface area (Å²) in [7, 11) is 0. The van der Waals surface area contributed by atoms with Crippen LogP contribution in [-0.2, 0) is 4.79 Å². The number of nitrogens with zero attached hydrogens (tertiary/aromatic N) is 5. The predicted octanol–water partition coefficient (Wildman–Crippen LogP) is 0.560. The Morgan fingerprint density at radius 1 is 1.29 bits per heavy atom. The molecular formula is C14H19N5O2. The zero-order chi connectivity index (χ0) is 15.6. The van der Waals surface area contributed by atoms with E-state index in [4.69, 9.17) is 5.11 Å². The highest BCUT2D eigenvalue weighted by atomic mass is 16.4. The number of hydrogen-bond donors (Lipinski definition) is 1. The van der Waals surface area contributed by atoms with Crippen LogP contribution < -0.4 is 4.90 Å². The highest BCUT2D eigenvalue weighted by Gasteiger charge is 2.27. The molecule has 1 N–H and O–H groups in total. The van der Waals surface area contributed by atoms with Gasteiger partial charge in [-0.1, -0.05) is 0 Å². The fraction of sp³-hybridized carbons (Fsp3) is 0.571. The minimum atomic E-state index is -0.813. The van der Waals surface area contributed by atoms with Crippen LogP contribution in [0.4, 0.5) is 5.82 Å². The van der Waals surface area contributed by atoms with Crippen molar-refractivity contribution in [2.24, 2.45) is 0 Å². The quantitative estimate of drug-likeness (QED) is 0.869. The lowest BCUT2D eigenvalue weighted by atomic mass is 10.1. The van der Waals surface area contributed by atoms with Crippen LogP contribution in [0.3, 0.4) is 0 Å². The minimum Gasteiger partial charge on any atom is -0.480 e. The molecule has 1 aliphatic heterocycles. The third kappa shape index (κ3) is 2.95. The van der Waals surface area contributed by atoms with Crippen molar-refractivity contribution in [1.29, 1.82) is 5.26 Å². The molecule has 0 bridgehead atoms. The fourth-order valence-corrected chi connectivity index (χ4v) is 2.43. The van der Waals surface area contributed by atoms with Crippen molar-refractivity contribution in [2.45, 2.75) is 26.8 Å². The molecule has 21 heavy (non-hydrogen) atoms. The van der Waals surface area contributed by atoms with Crippen molar-refractivity contribution in [1.82, 2.24) is 15.1 Å². The Labute approximate surface area is 123 Å². The van der Waals surface area contributed by atoms with Gasteiger partial charge in [0.15, 0.2) is 5.82 Å². The summed E-state index contributed by atoms with van der Waals surface area (Å²) in [5.74, 6) is -0.213. The molecule has 0 radical (unpaired) electrons. The van der Waals surface area contributed by atoms with Crippen LogP contribution in [0.1, 0.15) is 23.7 Å². The summed E-state index contributed by atoms with van der Waals surface area (Å²) in [6, 6.07) is 1.71. The van der Waals surface area contributed by atoms with Gasteiger partial charge in [-0.05, 0) is 26.3 Å². The van der Waals surface area contributed by atoms with Gasteiger partial charge < -0.3 is 10.0 Å². The second kappa shape index (κ2) is 6.06. The number of aromatic nitrogens is 2. The van der Waals surface area contributed by atoms with E-state index in [1.165, 1.54) is 0 Å². The van der Waals surface area contributed by atoms with Crippen molar-refractivity contribution in [3.05, 3.63) is 16.8 Å². The molecule has 2 rings (SSSR count). The van der Waals surface area contributed by atoms with E-state index in [2.05, 4.69) is 16.3 Å². The first kappa shape index (κ1) is 15.2.